The van der Waals surface area contributed by atoms with Crippen molar-refractivity contribution in [3.63, 3.8) is 0 Å². The van der Waals surface area contributed by atoms with Crippen molar-refractivity contribution in [3.8, 4) is 0 Å². The lowest BCUT2D eigenvalue weighted by atomic mass is 9.90. The molecule has 0 unspecified atom stereocenters. The van der Waals surface area contributed by atoms with Crippen LogP contribution in [0.2, 0.25) is 0 Å². The summed E-state index contributed by atoms with van der Waals surface area (Å²) in [6, 6.07) is -0.112. The maximum atomic E-state index is 12.6. The number of nitrogens with two attached hydrogens (primary N) is 1. The molecule has 0 aliphatic heterocycles. The van der Waals surface area contributed by atoms with Crippen LogP contribution in [0.4, 0.5) is 5.13 Å². The molecule has 2 aliphatic rings. The lowest BCUT2D eigenvalue weighted by Crippen LogP contribution is -2.35. The summed E-state index contributed by atoms with van der Waals surface area (Å²) in [5.74, 6) is -0.362. The Balaban J connectivity index is 1.36. The van der Waals surface area contributed by atoms with Crippen LogP contribution < -0.4 is 16.4 Å². The molecule has 1 saturated carbocycles. The third-order valence-corrected chi connectivity index (χ3v) is 5.37. The largest absolute Gasteiger partial charge is 0.375 e. The van der Waals surface area contributed by atoms with E-state index >= 15 is 0 Å². The summed E-state index contributed by atoms with van der Waals surface area (Å²) in [6.45, 7) is 0. The minimum Gasteiger partial charge on any atom is -0.375 e. The molecule has 7 nitrogen and oxygen atoms in total. The number of fused-ring (bicyclic) bond motifs is 1. The summed E-state index contributed by atoms with van der Waals surface area (Å²) in [4.78, 5) is 32.8. The predicted octanol–water partition coefficient (Wildman–Crippen LogP) is 1.30. The number of pyridine rings is 1. The van der Waals surface area contributed by atoms with Crippen LogP contribution in [0.25, 0.3) is 0 Å². The zero-order valence-corrected chi connectivity index (χ0v) is 14.4. The molecule has 0 saturated heterocycles. The van der Waals surface area contributed by atoms with Gasteiger partial charge < -0.3 is 16.4 Å². The first-order valence-corrected chi connectivity index (χ1v) is 9.28. The lowest BCUT2D eigenvalue weighted by molar-refractivity contribution is 0.0923. The van der Waals surface area contributed by atoms with Crippen molar-refractivity contribution >= 4 is 28.3 Å². The van der Waals surface area contributed by atoms with Gasteiger partial charge in [-0.15, -0.1) is 11.3 Å². The highest BCUT2D eigenvalue weighted by Gasteiger charge is 2.40. The first-order valence-electron chi connectivity index (χ1n) is 8.40. The standard InChI is InChI=1S/C17H19N5O2S/c18-17-22-14(8-25-17)16(24)21-13-5-12(13)20-15(23)11-7-19-6-9-3-1-2-4-10(9)11/h6-8,12-13H,1-5H2,(H2,18,22)(H,20,23)(H,21,24)/t12-,13-/m1/s1. The Morgan fingerprint density at radius 3 is 2.64 bits per heavy atom. The second kappa shape index (κ2) is 6.44. The van der Waals surface area contributed by atoms with E-state index in [1.807, 2.05) is 6.20 Å². The van der Waals surface area contributed by atoms with Crippen LogP contribution >= 0.6 is 11.3 Å². The molecular weight excluding hydrogens is 338 g/mol. The fourth-order valence-electron chi connectivity index (χ4n) is 3.25. The van der Waals surface area contributed by atoms with Gasteiger partial charge in [-0.25, -0.2) is 4.98 Å². The number of carbonyl (C=O) groups is 2. The molecule has 2 aromatic rings. The van der Waals surface area contributed by atoms with Crippen molar-refractivity contribution in [2.45, 2.75) is 44.2 Å². The molecule has 2 aromatic heterocycles. The number of nitrogen functional groups attached to an aromatic ring is 1. The van der Waals surface area contributed by atoms with Crippen LogP contribution in [0.1, 0.15) is 51.2 Å². The van der Waals surface area contributed by atoms with Crippen LogP contribution in [-0.4, -0.2) is 33.9 Å². The molecule has 0 bridgehead atoms. The number of amides is 2. The van der Waals surface area contributed by atoms with E-state index in [9.17, 15) is 9.59 Å². The van der Waals surface area contributed by atoms with Gasteiger partial charge >= 0.3 is 0 Å². The molecule has 2 aliphatic carbocycles. The molecule has 0 radical (unpaired) electrons. The normalized spacial score (nSPS) is 21.3. The molecule has 2 heterocycles. The quantitative estimate of drug-likeness (QED) is 0.764. The number of nitrogens with one attached hydrogen (secondary N) is 2. The molecule has 130 valence electrons. The Bertz CT molecular complexity index is 834. The van der Waals surface area contributed by atoms with Gasteiger partial charge in [-0.3, -0.25) is 14.6 Å². The van der Waals surface area contributed by atoms with Gasteiger partial charge in [-0.05, 0) is 43.2 Å². The first-order chi connectivity index (χ1) is 12.1. The number of anilines is 1. The molecule has 25 heavy (non-hydrogen) atoms. The van der Waals surface area contributed by atoms with Gasteiger partial charge in [-0.1, -0.05) is 0 Å². The van der Waals surface area contributed by atoms with Crippen molar-refractivity contribution in [1.29, 1.82) is 0 Å². The van der Waals surface area contributed by atoms with Gasteiger partial charge in [-0.2, -0.15) is 0 Å². The SMILES string of the molecule is Nc1nc(C(=O)N[C@@H]2C[C@H]2NC(=O)c2cncc3c2CCCC3)cs1. The van der Waals surface area contributed by atoms with Crippen LogP contribution in [0, 0.1) is 0 Å². The van der Waals surface area contributed by atoms with E-state index in [1.54, 1.807) is 11.6 Å². The van der Waals surface area contributed by atoms with E-state index in [0.717, 1.165) is 37.7 Å². The second-order valence-corrected chi connectivity index (χ2v) is 7.39. The average Bonchev–Trinajstić information content (AvgIpc) is 3.17. The number of nitrogens with zero attached hydrogens (tertiary/aromatic N) is 2. The second-order valence-electron chi connectivity index (χ2n) is 6.50. The summed E-state index contributed by atoms with van der Waals surface area (Å²) in [5.41, 5.74) is 8.83. The van der Waals surface area contributed by atoms with Gasteiger partial charge in [0.25, 0.3) is 11.8 Å². The number of carbonyl (C=O) groups excluding carboxylic acids is 2. The topological polar surface area (TPSA) is 110 Å². The van der Waals surface area contributed by atoms with Crippen LogP contribution in [-0.2, 0) is 12.8 Å². The van der Waals surface area contributed by atoms with Gasteiger partial charge in [0.15, 0.2) is 5.13 Å². The average molecular weight is 357 g/mol. The molecule has 0 spiro atoms. The molecule has 2 amide bonds. The van der Waals surface area contributed by atoms with Gasteiger partial charge in [0.1, 0.15) is 5.69 Å². The molecule has 4 rings (SSSR count). The number of thiazole rings is 1. The summed E-state index contributed by atoms with van der Waals surface area (Å²) in [7, 11) is 0. The van der Waals surface area contributed by atoms with E-state index in [1.165, 1.54) is 16.9 Å². The number of hydrogen-bond acceptors (Lipinski definition) is 6. The smallest absolute Gasteiger partial charge is 0.271 e. The summed E-state index contributed by atoms with van der Waals surface area (Å²) in [5, 5.41) is 7.86. The molecule has 4 N–H and O–H groups in total. The molecule has 8 heteroatoms. The monoisotopic (exact) mass is 357 g/mol. The molecule has 1 fully saturated rings. The van der Waals surface area contributed by atoms with Crippen molar-refractivity contribution < 1.29 is 9.59 Å². The van der Waals surface area contributed by atoms with Gasteiger partial charge in [0.05, 0.1) is 17.6 Å². The highest BCUT2D eigenvalue weighted by molar-refractivity contribution is 7.13. The Labute approximate surface area is 149 Å². The van der Waals surface area contributed by atoms with E-state index in [4.69, 9.17) is 5.73 Å². The highest BCUT2D eigenvalue weighted by atomic mass is 32.1. The Kier molecular flexibility index (Phi) is 4.12. The molecule has 0 aromatic carbocycles. The summed E-state index contributed by atoms with van der Waals surface area (Å²) in [6.07, 6.45) is 8.41. The van der Waals surface area contributed by atoms with E-state index in [2.05, 4.69) is 20.6 Å². The van der Waals surface area contributed by atoms with Crippen LogP contribution in [0.5, 0.6) is 0 Å². The molecular formula is C17H19N5O2S. The number of rotatable bonds is 4. The summed E-state index contributed by atoms with van der Waals surface area (Å²) < 4.78 is 0. The maximum Gasteiger partial charge on any atom is 0.271 e. The zero-order chi connectivity index (χ0) is 17.4. The van der Waals surface area contributed by atoms with Crippen molar-refractivity contribution in [2.75, 3.05) is 5.73 Å². The third-order valence-electron chi connectivity index (χ3n) is 4.69. The Morgan fingerprint density at radius 1 is 1.12 bits per heavy atom. The fraction of sp³-hybridized carbons (Fsp3) is 0.412. The van der Waals surface area contributed by atoms with E-state index in [0.29, 0.717) is 16.4 Å². The Hall–Kier alpha value is -2.48. The number of aryl methyl sites for hydroxylation is 1. The van der Waals surface area contributed by atoms with Crippen LogP contribution in [0.15, 0.2) is 17.8 Å². The zero-order valence-electron chi connectivity index (χ0n) is 13.6. The minimum atomic E-state index is -0.256. The van der Waals surface area contributed by atoms with Gasteiger partial charge in [0, 0.05) is 17.8 Å². The summed E-state index contributed by atoms with van der Waals surface area (Å²) >= 11 is 1.23. The maximum absolute atomic E-state index is 12.6. The van der Waals surface area contributed by atoms with Crippen molar-refractivity contribution in [2.24, 2.45) is 0 Å². The molecule has 2 atom stereocenters. The Morgan fingerprint density at radius 2 is 1.88 bits per heavy atom. The third kappa shape index (κ3) is 3.34. The predicted molar refractivity (Wildman–Crippen MR) is 94.5 cm³/mol. The lowest BCUT2D eigenvalue weighted by Gasteiger charge is -2.18. The first kappa shape index (κ1) is 16.0. The highest BCUT2D eigenvalue weighted by Crippen LogP contribution is 2.26. The van der Waals surface area contributed by atoms with Crippen LogP contribution in [0.3, 0.4) is 0 Å². The van der Waals surface area contributed by atoms with Crippen molar-refractivity contribution in [1.82, 2.24) is 20.6 Å². The fourth-order valence-corrected chi connectivity index (χ4v) is 3.79. The van der Waals surface area contributed by atoms with E-state index < -0.39 is 0 Å². The number of aromatic nitrogens is 2. The van der Waals surface area contributed by atoms with E-state index in [-0.39, 0.29) is 23.9 Å². The minimum absolute atomic E-state index is 0.0492. The van der Waals surface area contributed by atoms with Gasteiger partial charge in [0.2, 0.25) is 0 Å². The van der Waals surface area contributed by atoms with Crippen molar-refractivity contribution in [3.05, 3.63) is 40.2 Å². The number of hydrogen-bond donors (Lipinski definition) is 3.